The number of carbonyl (C=O) groups excluding carboxylic acids is 2. The maximum absolute atomic E-state index is 11.5. The lowest BCUT2D eigenvalue weighted by molar-refractivity contribution is -0.142. The third-order valence-electron chi connectivity index (χ3n) is 2.54. The summed E-state index contributed by atoms with van der Waals surface area (Å²) in [5.74, 6) is 0.168. The van der Waals surface area contributed by atoms with Gasteiger partial charge in [0.1, 0.15) is 0 Å². The number of amides is 1. The molecule has 0 rings (SSSR count). The molecule has 0 aliphatic rings. The lowest BCUT2D eigenvalue weighted by atomic mass is 10.2. The van der Waals surface area contributed by atoms with E-state index in [1.165, 1.54) is 7.11 Å². The van der Waals surface area contributed by atoms with Crippen molar-refractivity contribution < 1.29 is 14.3 Å². The normalized spacial score (nSPS) is 12.6. The van der Waals surface area contributed by atoms with Crippen LogP contribution in [0.4, 0.5) is 0 Å². The number of methoxy groups -OCH3 is 1. The van der Waals surface area contributed by atoms with Crippen molar-refractivity contribution in [2.45, 2.75) is 33.2 Å². The van der Waals surface area contributed by atoms with Gasteiger partial charge in [-0.15, -0.1) is 0 Å². The Morgan fingerprint density at radius 2 is 1.88 bits per heavy atom. The van der Waals surface area contributed by atoms with E-state index in [4.69, 9.17) is 0 Å². The molecule has 0 aliphatic heterocycles. The van der Waals surface area contributed by atoms with Crippen LogP contribution < -0.4 is 5.32 Å². The van der Waals surface area contributed by atoms with Crippen molar-refractivity contribution in [3.8, 4) is 0 Å². The molecule has 0 radical (unpaired) electrons. The topological polar surface area (TPSA) is 58.6 Å². The molecule has 0 aromatic heterocycles. The van der Waals surface area contributed by atoms with Crippen molar-refractivity contribution in [2.75, 3.05) is 27.2 Å². The van der Waals surface area contributed by atoms with E-state index < -0.39 is 0 Å². The van der Waals surface area contributed by atoms with E-state index in [1.54, 1.807) is 0 Å². The Bertz CT molecular complexity index is 254. The van der Waals surface area contributed by atoms with E-state index in [-0.39, 0.29) is 17.9 Å². The molecule has 1 atom stereocenters. The summed E-state index contributed by atoms with van der Waals surface area (Å²) in [5.41, 5.74) is 0. The molecule has 0 saturated heterocycles. The predicted octanol–water partition coefficient (Wildman–Crippen LogP) is 0.642. The first-order valence-electron chi connectivity index (χ1n) is 5.90. The summed E-state index contributed by atoms with van der Waals surface area (Å²) >= 11 is 0. The quantitative estimate of drug-likeness (QED) is 0.668. The highest BCUT2D eigenvalue weighted by molar-refractivity contribution is 5.78. The second-order valence-corrected chi connectivity index (χ2v) is 4.74. The second kappa shape index (κ2) is 8.06. The highest BCUT2D eigenvalue weighted by atomic mass is 16.5. The average Bonchev–Trinajstić information content (AvgIpc) is 2.25. The van der Waals surface area contributed by atoms with E-state index in [9.17, 15) is 9.59 Å². The van der Waals surface area contributed by atoms with Crippen molar-refractivity contribution in [1.82, 2.24) is 10.2 Å². The molecule has 0 spiro atoms. The first kappa shape index (κ1) is 15.9. The van der Waals surface area contributed by atoms with Crippen LogP contribution in [-0.4, -0.2) is 50.1 Å². The zero-order valence-corrected chi connectivity index (χ0v) is 11.4. The smallest absolute Gasteiger partial charge is 0.307 e. The van der Waals surface area contributed by atoms with Crippen LogP contribution in [-0.2, 0) is 14.3 Å². The molecule has 1 unspecified atom stereocenters. The van der Waals surface area contributed by atoms with E-state index >= 15 is 0 Å². The van der Waals surface area contributed by atoms with Crippen LogP contribution in [0.2, 0.25) is 0 Å². The van der Waals surface area contributed by atoms with Gasteiger partial charge in [-0.2, -0.15) is 0 Å². The van der Waals surface area contributed by atoms with Crippen molar-refractivity contribution >= 4 is 11.9 Å². The SMILES string of the molecule is COC(=O)CC(C)N(C)CC(=O)NCC(C)C. The fourth-order valence-corrected chi connectivity index (χ4v) is 1.24. The van der Waals surface area contributed by atoms with Crippen molar-refractivity contribution in [3.05, 3.63) is 0 Å². The molecule has 17 heavy (non-hydrogen) atoms. The monoisotopic (exact) mass is 244 g/mol. The minimum atomic E-state index is -0.257. The van der Waals surface area contributed by atoms with E-state index in [1.807, 2.05) is 32.7 Å². The molecule has 0 heterocycles. The summed E-state index contributed by atoms with van der Waals surface area (Å²) in [7, 11) is 3.19. The number of nitrogens with one attached hydrogen (secondary N) is 1. The van der Waals surface area contributed by atoms with Crippen LogP contribution in [0.1, 0.15) is 27.2 Å². The first-order chi connectivity index (χ1) is 7.86. The summed E-state index contributed by atoms with van der Waals surface area (Å²) in [4.78, 5) is 24.5. The second-order valence-electron chi connectivity index (χ2n) is 4.74. The van der Waals surface area contributed by atoms with Crippen molar-refractivity contribution in [3.63, 3.8) is 0 Å². The number of hydrogen-bond donors (Lipinski definition) is 1. The number of esters is 1. The summed E-state index contributed by atoms with van der Waals surface area (Å²) in [5, 5.41) is 2.84. The Balaban J connectivity index is 3.94. The van der Waals surface area contributed by atoms with E-state index in [2.05, 4.69) is 10.1 Å². The molecule has 0 saturated carbocycles. The van der Waals surface area contributed by atoms with Gasteiger partial charge in [0.2, 0.25) is 5.91 Å². The van der Waals surface area contributed by atoms with Crippen LogP contribution in [0.25, 0.3) is 0 Å². The van der Waals surface area contributed by atoms with Gasteiger partial charge in [0.05, 0.1) is 20.1 Å². The van der Waals surface area contributed by atoms with Gasteiger partial charge in [0.25, 0.3) is 0 Å². The third kappa shape index (κ3) is 7.74. The van der Waals surface area contributed by atoms with Crippen molar-refractivity contribution in [1.29, 1.82) is 0 Å². The molecule has 0 fully saturated rings. The van der Waals surface area contributed by atoms with Gasteiger partial charge in [-0.1, -0.05) is 13.8 Å². The van der Waals surface area contributed by atoms with Gasteiger partial charge in [-0.3, -0.25) is 14.5 Å². The van der Waals surface area contributed by atoms with Gasteiger partial charge >= 0.3 is 5.97 Å². The van der Waals surface area contributed by atoms with Crippen LogP contribution in [0.3, 0.4) is 0 Å². The average molecular weight is 244 g/mol. The highest BCUT2D eigenvalue weighted by Crippen LogP contribution is 2.01. The van der Waals surface area contributed by atoms with Crippen LogP contribution in [0.5, 0.6) is 0 Å². The zero-order valence-electron chi connectivity index (χ0n) is 11.4. The lowest BCUT2D eigenvalue weighted by Gasteiger charge is -2.23. The maximum Gasteiger partial charge on any atom is 0.307 e. The molecule has 1 N–H and O–H groups in total. The molecule has 100 valence electrons. The standard InChI is InChI=1S/C12H24N2O3/c1-9(2)7-13-11(15)8-14(4)10(3)6-12(16)17-5/h9-10H,6-8H2,1-5H3,(H,13,15). The zero-order chi connectivity index (χ0) is 13.4. The van der Waals surface area contributed by atoms with Crippen LogP contribution >= 0.6 is 0 Å². The number of nitrogens with zero attached hydrogens (tertiary/aromatic N) is 1. The highest BCUT2D eigenvalue weighted by Gasteiger charge is 2.16. The Morgan fingerprint density at radius 1 is 1.29 bits per heavy atom. The molecule has 5 nitrogen and oxygen atoms in total. The molecule has 0 aromatic carbocycles. The minimum absolute atomic E-state index is 0.00718. The maximum atomic E-state index is 11.5. The summed E-state index contributed by atoms with van der Waals surface area (Å²) in [6.45, 7) is 6.96. The Labute approximate surface area is 103 Å². The number of ether oxygens (including phenoxy) is 1. The predicted molar refractivity (Wildman–Crippen MR) is 66.6 cm³/mol. The molecule has 0 aromatic rings. The molecule has 0 aliphatic carbocycles. The number of rotatable bonds is 7. The lowest BCUT2D eigenvalue weighted by Crippen LogP contribution is -2.41. The number of hydrogen-bond acceptors (Lipinski definition) is 4. The van der Waals surface area contributed by atoms with Gasteiger partial charge < -0.3 is 10.1 Å². The van der Waals surface area contributed by atoms with Gasteiger partial charge in [-0.05, 0) is 19.9 Å². The van der Waals surface area contributed by atoms with E-state index in [0.29, 0.717) is 25.4 Å². The van der Waals surface area contributed by atoms with Gasteiger partial charge in [0.15, 0.2) is 0 Å². The third-order valence-corrected chi connectivity index (χ3v) is 2.54. The van der Waals surface area contributed by atoms with Gasteiger partial charge in [-0.25, -0.2) is 0 Å². The van der Waals surface area contributed by atoms with Crippen molar-refractivity contribution in [2.24, 2.45) is 5.92 Å². The fourth-order valence-electron chi connectivity index (χ4n) is 1.24. The van der Waals surface area contributed by atoms with Gasteiger partial charge in [0, 0.05) is 12.6 Å². The number of likely N-dealkylation sites (N-methyl/N-ethyl adjacent to an activating group) is 1. The van der Waals surface area contributed by atoms with Crippen LogP contribution in [0.15, 0.2) is 0 Å². The fraction of sp³-hybridized carbons (Fsp3) is 0.833. The molecule has 1 amide bonds. The Morgan fingerprint density at radius 3 is 2.35 bits per heavy atom. The Hall–Kier alpha value is -1.10. The largest absolute Gasteiger partial charge is 0.469 e. The first-order valence-corrected chi connectivity index (χ1v) is 5.90. The van der Waals surface area contributed by atoms with Crippen LogP contribution in [0, 0.1) is 5.92 Å². The molecular formula is C12H24N2O3. The molecular weight excluding hydrogens is 220 g/mol. The summed E-state index contributed by atoms with van der Waals surface area (Å²) in [6, 6.07) is -0.00718. The minimum Gasteiger partial charge on any atom is -0.469 e. The number of carbonyl (C=O) groups is 2. The molecule has 0 bridgehead atoms. The Kier molecular flexibility index (Phi) is 7.54. The van der Waals surface area contributed by atoms with E-state index in [0.717, 1.165) is 0 Å². The summed E-state index contributed by atoms with van der Waals surface area (Å²) < 4.78 is 4.59. The summed E-state index contributed by atoms with van der Waals surface area (Å²) in [6.07, 6.45) is 0.296. The molecule has 5 heteroatoms.